The van der Waals surface area contributed by atoms with E-state index in [9.17, 15) is 9.59 Å². The lowest BCUT2D eigenvalue weighted by molar-refractivity contribution is 0.0170. The molecule has 3 rings (SSSR count). The van der Waals surface area contributed by atoms with Crippen LogP contribution in [-0.4, -0.2) is 64.6 Å². The molecule has 6 nitrogen and oxygen atoms in total. The zero-order chi connectivity index (χ0) is 19.6. The Hall–Kier alpha value is -2.24. The van der Waals surface area contributed by atoms with Gasteiger partial charge in [-0.2, -0.15) is 0 Å². The highest BCUT2D eigenvalue weighted by Gasteiger charge is 2.36. The van der Waals surface area contributed by atoms with E-state index in [1.807, 2.05) is 36.6 Å². The fourth-order valence-corrected chi connectivity index (χ4v) is 3.80. The number of amides is 3. The Kier molecular flexibility index (Phi) is 5.63. The van der Waals surface area contributed by atoms with Crippen molar-refractivity contribution in [2.24, 2.45) is 0 Å². The summed E-state index contributed by atoms with van der Waals surface area (Å²) in [7, 11) is 0. The Bertz CT molecular complexity index is 690. The van der Waals surface area contributed by atoms with Gasteiger partial charge in [0.05, 0.1) is 0 Å². The quantitative estimate of drug-likeness (QED) is 0.813. The van der Waals surface area contributed by atoms with E-state index in [1.165, 1.54) is 11.1 Å². The van der Waals surface area contributed by atoms with Gasteiger partial charge in [0.15, 0.2) is 0 Å². The van der Waals surface area contributed by atoms with Gasteiger partial charge in [-0.05, 0) is 46.1 Å². The number of carbonyl (C=O) groups is 2. The summed E-state index contributed by atoms with van der Waals surface area (Å²) in [5, 5.41) is 0. The predicted octanol–water partition coefficient (Wildman–Crippen LogP) is 3.63. The van der Waals surface area contributed by atoms with Gasteiger partial charge in [0.25, 0.3) is 0 Å². The maximum absolute atomic E-state index is 12.8. The lowest BCUT2D eigenvalue weighted by Gasteiger charge is -2.37. The molecule has 2 saturated heterocycles. The summed E-state index contributed by atoms with van der Waals surface area (Å²) < 4.78 is 5.45. The highest BCUT2D eigenvalue weighted by molar-refractivity contribution is 5.77. The summed E-state index contributed by atoms with van der Waals surface area (Å²) in [4.78, 5) is 30.7. The number of hydrogen-bond donors (Lipinski definition) is 0. The van der Waals surface area contributed by atoms with Gasteiger partial charge in [-0.3, -0.25) is 0 Å². The number of piperidine rings is 1. The molecule has 0 spiro atoms. The first-order chi connectivity index (χ1) is 12.7. The van der Waals surface area contributed by atoms with E-state index < -0.39 is 5.60 Å². The molecule has 6 heteroatoms. The smallest absolute Gasteiger partial charge is 0.410 e. The first kappa shape index (κ1) is 19.5. The fourth-order valence-electron chi connectivity index (χ4n) is 3.80. The van der Waals surface area contributed by atoms with E-state index in [0.717, 1.165) is 25.9 Å². The second-order valence-corrected chi connectivity index (χ2v) is 8.59. The molecule has 1 aromatic rings. The average Bonchev–Trinajstić information content (AvgIpc) is 2.94. The topological polar surface area (TPSA) is 53.1 Å². The summed E-state index contributed by atoms with van der Waals surface area (Å²) in [6.07, 6.45) is 1.36. The van der Waals surface area contributed by atoms with Crippen LogP contribution < -0.4 is 0 Å². The number of hydrogen-bond acceptors (Lipinski definition) is 3. The third kappa shape index (κ3) is 4.93. The molecule has 0 N–H and O–H groups in total. The van der Waals surface area contributed by atoms with Crippen LogP contribution in [0.5, 0.6) is 0 Å². The van der Waals surface area contributed by atoms with Crippen molar-refractivity contribution in [1.29, 1.82) is 0 Å². The van der Waals surface area contributed by atoms with Crippen molar-refractivity contribution in [3.8, 4) is 0 Å². The molecule has 0 saturated carbocycles. The lowest BCUT2D eigenvalue weighted by Crippen LogP contribution is -2.49. The lowest BCUT2D eigenvalue weighted by atomic mass is 10.0. The number of rotatable bonds is 3. The number of urea groups is 1. The van der Waals surface area contributed by atoms with Crippen LogP contribution in [0.25, 0.3) is 0 Å². The Morgan fingerprint density at radius 3 is 2.48 bits per heavy atom. The third-order valence-corrected chi connectivity index (χ3v) is 5.14. The normalized spacial score (nSPS) is 19.0. The molecule has 2 aliphatic rings. The van der Waals surface area contributed by atoms with Gasteiger partial charge in [0.1, 0.15) is 5.60 Å². The minimum Gasteiger partial charge on any atom is -0.444 e. The molecule has 27 heavy (non-hydrogen) atoms. The first-order valence-electron chi connectivity index (χ1n) is 9.82. The molecule has 0 atom stereocenters. The minimum atomic E-state index is -0.477. The molecule has 0 radical (unpaired) electrons. The largest absolute Gasteiger partial charge is 0.444 e. The predicted molar refractivity (Wildman–Crippen MR) is 105 cm³/mol. The fraction of sp³-hybridized carbons (Fsp3) is 0.619. The molecule has 148 valence electrons. The highest BCUT2D eigenvalue weighted by Crippen LogP contribution is 2.24. The van der Waals surface area contributed by atoms with Crippen molar-refractivity contribution in [1.82, 2.24) is 14.7 Å². The standard InChI is InChI=1S/C21H31N3O3/c1-16-6-5-7-17(14-16)15-23-12-13-24(19(23)25)18-8-10-22(11-9-18)20(26)27-21(2,3)4/h5-7,14,18H,8-13,15H2,1-4H3. The number of ether oxygens (including phenoxy) is 1. The SMILES string of the molecule is Cc1cccc(CN2CCN(C3CCN(C(=O)OC(C)(C)C)CC3)C2=O)c1. The van der Waals surface area contributed by atoms with E-state index in [0.29, 0.717) is 19.6 Å². The van der Waals surface area contributed by atoms with Gasteiger partial charge in [0.2, 0.25) is 0 Å². The van der Waals surface area contributed by atoms with Crippen molar-refractivity contribution in [3.05, 3.63) is 35.4 Å². The van der Waals surface area contributed by atoms with Crippen LogP contribution in [0.2, 0.25) is 0 Å². The van der Waals surface area contributed by atoms with Crippen molar-refractivity contribution in [2.75, 3.05) is 26.2 Å². The second kappa shape index (κ2) is 7.79. The van der Waals surface area contributed by atoms with Crippen LogP contribution in [0.3, 0.4) is 0 Å². The molecule has 0 unspecified atom stereocenters. The monoisotopic (exact) mass is 373 g/mol. The van der Waals surface area contributed by atoms with Gasteiger partial charge in [-0.1, -0.05) is 29.8 Å². The number of likely N-dealkylation sites (tertiary alicyclic amines) is 1. The Balaban J connectivity index is 1.52. The summed E-state index contributed by atoms with van der Waals surface area (Å²) in [6, 6.07) is 8.64. The molecule has 0 aliphatic carbocycles. The van der Waals surface area contributed by atoms with E-state index in [4.69, 9.17) is 4.74 Å². The molecule has 2 aliphatic heterocycles. The highest BCUT2D eigenvalue weighted by atomic mass is 16.6. The van der Waals surface area contributed by atoms with Gasteiger partial charge in [-0.25, -0.2) is 9.59 Å². The summed E-state index contributed by atoms with van der Waals surface area (Å²) >= 11 is 0. The third-order valence-electron chi connectivity index (χ3n) is 5.14. The summed E-state index contributed by atoms with van der Waals surface area (Å²) in [5.74, 6) is 0. The Morgan fingerprint density at radius 1 is 1.15 bits per heavy atom. The summed E-state index contributed by atoms with van der Waals surface area (Å²) in [5.41, 5.74) is 1.91. The van der Waals surface area contributed by atoms with Crippen LogP contribution in [-0.2, 0) is 11.3 Å². The van der Waals surface area contributed by atoms with Crippen molar-refractivity contribution >= 4 is 12.1 Å². The van der Waals surface area contributed by atoms with Crippen LogP contribution in [0, 0.1) is 6.92 Å². The molecular formula is C21H31N3O3. The Morgan fingerprint density at radius 2 is 1.85 bits per heavy atom. The number of aryl methyl sites for hydroxylation is 1. The van der Waals surface area contributed by atoms with E-state index >= 15 is 0 Å². The Labute approximate surface area is 162 Å². The van der Waals surface area contributed by atoms with Crippen LogP contribution in [0.4, 0.5) is 9.59 Å². The van der Waals surface area contributed by atoms with Gasteiger partial charge >= 0.3 is 12.1 Å². The van der Waals surface area contributed by atoms with Crippen molar-refractivity contribution in [3.63, 3.8) is 0 Å². The molecule has 3 amide bonds. The maximum atomic E-state index is 12.8. The number of nitrogens with zero attached hydrogens (tertiary/aromatic N) is 3. The average molecular weight is 373 g/mol. The van der Waals surface area contributed by atoms with Crippen LogP contribution in [0.1, 0.15) is 44.7 Å². The zero-order valence-electron chi connectivity index (χ0n) is 16.9. The molecular weight excluding hydrogens is 342 g/mol. The van der Waals surface area contributed by atoms with Crippen molar-refractivity contribution < 1.29 is 14.3 Å². The van der Waals surface area contributed by atoms with E-state index in [1.54, 1.807) is 4.90 Å². The van der Waals surface area contributed by atoms with E-state index in [-0.39, 0.29) is 18.2 Å². The number of carbonyl (C=O) groups excluding carboxylic acids is 2. The summed E-state index contributed by atoms with van der Waals surface area (Å²) in [6.45, 7) is 11.2. The minimum absolute atomic E-state index is 0.118. The van der Waals surface area contributed by atoms with E-state index in [2.05, 4.69) is 25.1 Å². The van der Waals surface area contributed by atoms with Crippen LogP contribution in [0.15, 0.2) is 24.3 Å². The number of benzene rings is 1. The molecule has 0 aromatic heterocycles. The first-order valence-corrected chi connectivity index (χ1v) is 9.82. The van der Waals surface area contributed by atoms with Gasteiger partial charge in [0, 0.05) is 38.8 Å². The molecule has 2 fully saturated rings. The molecule has 0 bridgehead atoms. The van der Waals surface area contributed by atoms with Gasteiger partial charge in [-0.15, -0.1) is 0 Å². The zero-order valence-corrected chi connectivity index (χ0v) is 16.9. The van der Waals surface area contributed by atoms with Crippen molar-refractivity contribution in [2.45, 2.75) is 58.7 Å². The van der Waals surface area contributed by atoms with Crippen LogP contribution >= 0.6 is 0 Å². The molecule has 1 aromatic carbocycles. The van der Waals surface area contributed by atoms with Gasteiger partial charge < -0.3 is 19.4 Å². The molecule has 2 heterocycles. The second-order valence-electron chi connectivity index (χ2n) is 8.59. The maximum Gasteiger partial charge on any atom is 0.410 e.